The van der Waals surface area contributed by atoms with E-state index in [1.54, 1.807) is 7.11 Å². The first-order valence-electron chi connectivity index (χ1n) is 7.39. The topological polar surface area (TPSA) is 21.7 Å². The summed E-state index contributed by atoms with van der Waals surface area (Å²) in [5, 5.41) is 0. The predicted octanol–water partition coefficient (Wildman–Crippen LogP) is 3.47. The molecule has 0 amide bonds. The van der Waals surface area contributed by atoms with Crippen LogP contribution in [0, 0.1) is 0 Å². The summed E-state index contributed by atoms with van der Waals surface area (Å²) in [5.74, 6) is 2.59. The van der Waals surface area contributed by atoms with E-state index in [1.807, 2.05) is 6.07 Å². The maximum absolute atomic E-state index is 5.99. The van der Waals surface area contributed by atoms with Crippen molar-refractivity contribution in [2.45, 2.75) is 38.1 Å². The Morgan fingerprint density at radius 2 is 2.25 bits per heavy atom. The SMILES string of the molecule is CCCN1CCCC2c3c(OC)cccc3OCC21.Cl. The van der Waals surface area contributed by atoms with E-state index in [4.69, 9.17) is 9.47 Å². The van der Waals surface area contributed by atoms with E-state index < -0.39 is 0 Å². The van der Waals surface area contributed by atoms with E-state index in [-0.39, 0.29) is 12.4 Å². The van der Waals surface area contributed by atoms with Gasteiger partial charge in [0, 0.05) is 11.5 Å². The second-order valence-electron chi connectivity index (χ2n) is 5.54. The van der Waals surface area contributed by atoms with Gasteiger partial charge in [0.25, 0.3) is 0 Å². The molecular formula is C16H24ClNO2. The van der Waals surface area contributed by atoms with Crippen LogP contribution in [0.2, 0.25) is 0 Å². The lowest BCUT2D eigenvalue weighted by Gasteiger charge is -2.44. The van der Waals surface area contributed by atoms with Gasteiger partial charge in [-0.25, -0.2) is 0 Å². The van der Waals surface area contributed by atoms with Gasteiger partial charge in [-0.2, -0.15) is 0 Å². The lowest BCUT2D eigenvalue weighted by molar-refractivity contribution is 0.0646. The Balaban J connectivity index is 0.00000147. The second-order valence-corrected chi connectivity index (χ2v) is 5.54. The minimum absolute atomic E-state index is 0. The molecule has 3 nitrogen and oxygen atoms in total. The fourth-order valence-electron chi connectivity index (χ4n) is 3.62. The van der Waals surface area contributed by atoms with E-state index >= 15 is 0 Å². The van der Waals surface area contributed by atoms with Gasteiger partial charge in [0.1, 0.15) is 18.1 Å². The van der Waals surface area contributed by atoms with Crippen molar-refractivity contribution in [2.75, 3.05) is 26.8 Å². The Labute approximate surface area is 127 Å². The quantitative estimate of drug-likeness (QED) is 0.853. The largest absolute Gasteiger partial charge is 0.496 e. The van der Waals surface area contributed by atoms with Crippen LogP contribution in [0.25, 0.3) is 0 Å². The fourth-order valence-corrected chi connectivity index (χ4v) is 3.62. The predicted molar refractivity (Wildman–Crippen MR) is 83.4 cm³/mol. The molecule has 0 aromatic heterocycles. The van der Waals surface area contributed by atoms with Crippen molar-refractivity contribution in [3.05, 3.63) is 23.8 Å². The number of hydrogen-bond acceptors (Lipinski definition) is 3. The van der Waals surface area contributed by atoms with Crippen LogP contribution in [0.3, 0.4) is 0 Å². The fraction of sp³-hybridized carbons (Fsp3) is 0.625. The number of fused-ring (bicyclic) bond motifs is 3. The van der Waals surface area contributed by atoms with E-state index in [0.717, 1.165) is 18.1 Å². The van der Waals surface area contributed by atoms with Crippen LogP contribution in [0.5, 0.6) is 11.5 Å². The molecule has 0 bridgehead atoms. The van der Waals surface area contributed by atoms with Crippen molar-refractivity contribution >= 4 is 12.4 Å². The Kier molecular flexibility index (Phi) is 5.17. The Bertz CT molecular complexity index is 436. The first kappa shape index (κ1) is 15.5. The van der Waals surface area contributed by atoms with Gasteiger partial charge in [-0.05, 0) is 44.5 Å². The summed E-state index contributed by atoms with van der Waals surface area (Å²) in [6.07, 6.45) is 3.74. The van der Waals surface area contributed by atoms with Crippen LogP contribution >= 0.6 is 12.4 Å². The van der Waals surface area contributed by atoms with Crippen LogP contribution in [0.4, 0.5) is 0 Å². The van der Waals surface area contributed by atoms with Crippen molar-refractivity contribution in [3.63, 3.8) is 0 Å². The number of nitrogens with zero attached hydrogens (tertiary/aromatic N) is 1. The molecule has 0 N–H and O–H groups in total. The summed E-state index contributed by atoms with van der Waals surface area (Å²) in [4.78, 5) is 2.60. The molecule has 0 radical (unpaired) electrons. The number of benzene rings is 1. The van der Waals surface area contributed by atoms with Crippen molar-refractivity contribution in [3.8, 4) is 11.5 Å². The molecule has 4 heteroatoms. The average molecular weight is 298 g/mol. The number of hydrogen-bond donors (Lipinski definition) is 0. The molecule has 3 rings (SSSR count). The highest BCUT2D eigenvalue weighted by atomic mass is 35.5. The van der Waals surface area contributed by atoms with Crippen molar-refractivity contribution in [1.29, 1.82) is 0 Å². The number of likely N-dealkylation sites (tertiary alicyclic amines) is 1. The first-order chi connectivity index (χ1) is 9.35. The molecule has 1 aromatic carbocycles. The summed E-state index contributed by atoms with van der Waals surface area (Å²) in [5.41, 5.74) is 1.29. The van der Waals surface area contributed by atoms with Crippen LogP contribution in [-0.2, 0) is 0 Å². The summed E-state index contributed by atoms with van der Waals surface area (Å²) < 4.78 is 11.5. The molecule has 2 unspecified atom stereocenters. The Morgan fingerprint density at radius 1 is 1.40 bits per heavy atom. The van der Waals surface area contributed by atoms with Gasteiger partial charge in [-0.15, -0.1) is 12.4 Å². The van der Waals surface area contributed by atoms with Crippen LogP contribution in [0.15, 0.2) is 18.2 Å². The lowest BCUT2D eigenvalue weighted by Crippen LogP contribution is -2.49. The summed E-state index contributed by atoms with van der Waals surface area (Å²) in [7, 11) is 1.76. The number of rotatable bonds is 3. The molecule has 2 aliphatic rings. The smallest absolute Gasteiger partial charge is 0.126 e. The van der Waals surface area contributed by atoms with Crippen molar-refractivity contribution < 1.29 is 9.47 Å². The Morgan fingerprint density at radius 3 is 3.00 bits per heavy atom. The van der Waals surface area contributed by atoms with Crippen LogP contribution < -0.4 is 9.47 Å². The zero-order valence-electron chi connectivity index (χ0n) is 12.3. The molecule has 20 heavy (non-hydrogen) atoms. The monoisotopic (exact) mass is 297 g/mol. The van der Waals surface area contributed by atoms with Gasteiger partial charge in [0.05, 0.1) is 13.2 Å². The summed E-state index contributed by atoms with van der Waals surface area (Å²) in [6.45, 7) is 5.46. The highest BCUT2D eigenvalue weighted by Crippen LogP contribution is 2.45. The van der Waals surface area contributed by atoms with E-state index in [9.17, 15) is 0 Å². The minimum Gasteiger partial charge on any atom is -0.496 e. The first-order valence-corrected chi connectivity index (χ1v) is 7.39. The molecule has 2 aliphatic heterocycles. The third kappa shape index (κ3) is 2.61. The molecule has 2 heterocycles. The van der Waals surface area contributed by atoms with Crippen molar-refractivity contribution in [1.82, 2.24) is 4.90 Å². The summed E-state index contributed by atoms with van der Waals surface area (Å²) in [6, 6.07) is 6.68. The third-order valence-corrected chi connectivity index (χ3v) is 4.43. The average Bonchev–Trinajstić information content (AvgIpc) is 2.47. The number of piperidine rings is 1. The molecule has 0 spiro atoms. The molecule has 112 valence electrons. The number of methoxy groups -OCH3 is 1. The van der Waals surface area contributed by atoms with Gasteiger partial charge >= 0.3 is 0 Å². The Hall–Kier alpha value is -0.930. The molecular weight excluding hydrogens is 274 g/mol. The molecule has 0 saturated carbocycles. The van der Waals surface area contributed by atoms with E-state index in [2.05, 4.69) is 24.0 Å². The maximum Gasteiger partial charge on any atom is 0.126 e. The zero-order valence-corrected chi connectivity index (χ0v) is 13.1. The van der Waals surface area contributed by atoms with E-state index in [1.165, 1.54) is 37.9 Å². The summed E-state index contributed by atoms with van der Waals surface area (Å²) >= 11 is 0. The van der Waals surface area contributed by atoms with E-state index in [0.29, 0.717) is 12.0 Å². The van der Waals surface area contributed by atoms with Gasteiger partial charge in [-0.1, -0.05) is 13.0 Å². The van der Waals surface area contributed by atoms with Gasteiger partial charge in [0.15, 0.2) is 0 Å². The molecule has 0 aliphatic carbocycles. The number of halogens is 1. The third-order valence-electron chi connectivity index (χ3n) is 4.43. The van der Waals surface area contributed by atoms with Gasteiger partial charge in [-0.3, -0.25) is 4.90 Å². The molecule has 1 fully saturated rings. The highest BCUT2D eigenvalue weighted by Gasteiger charge is 2.38. The highest BCUT2D eigenvalue weighted by molar-refractivity contribution is 5.85. The molecule has 1 aromatic rings. The number of ether oxygens (including phenoxy) is 2. The standard InChI is InChI=1S/C16H23NO2.ClH/c1-3-9-17-10-5-6-12-13(17)11-19-15-8-4-7-14(18-2)16(12)15;/h4,7-8,12-13H,3,5-6,9-11H2,1-2H3;1H. The van der Waals surface area contributed by atoms with Gasteiger partial charge in [0.2, 0.25) is 0 Å². The van der Waals surface area contributed by atoms with Gasteiger partial charge < -0.3 is 9.47 Å². The normalized spacial score (nSPS) is 24.9. The maximum atomic E-state index is 5.99. The zero-order chi connectivity index (χ0) is 13.2. The lowest BCUT2D eigenvalue weighted by atomic mass is 9.81. The van der Waals surface area contributed by atoms with Crippen LogP contribution in [-0.4, -0.2) is 37.7 Å². The molecule has 2 atom stereocenters. The second kappa shape index (κ2) is 6.68. The van der Waals surface area contributed by atoms with Crippen LogP contribution in [0.1, 0.15) is 37.7 Å². The molecule has 1 saturated heterocycles. The van der Waals surface area contributed by atoms with Crippen molar-refractivity contribution in [2.24, 2.45) is 0 Å². The minimum atomic E-state index is 0.